The first-order valence-corrected chi connectivity index (χ1v) is 10.6. The number of nitrogens with one attached hydrogen (secondary N) is 2. The molecule has 0 saturated heterocycles. The first kappa shape index (κ1) is 24.0. The van der Waals surface area contributed by atoms with Gasteiger partial charge in [0.05, 0.1) is 17.1 Å². The van der Waals surface area contributed by atoms with Crippen LogP contribution in [0.5, 0.6) is 0 Å². The van der Waals surface area contributed by atoms with Crippen LogP contribution in [-0.2, 0) is 22.6 Å². The highest BCUT2D eigenvalue weighted by Crippen LogP contribution is 2.24. The van der Waals surface area contributed by atoms with Crippen molar-refractivity contribution >= 4 is 29.4 Å². The molecule has 8 heteroatoms. The highest BCUT2D eigenvalue weighted by atomic mass is 35.5. The lowest BCUT2D eigenvalue weighted by Gasteiger charge is -2.16. The molecule has 1 amide bonds. The van der Waals surface area contributed by atoms with Gasteiger partial charge in [0.2, 0.25) is 0 Å². The predicted molar refractivity (Wildman–Crippen MR) is 125 cm³/mol. The van der Waals surface area contributed by atoms with E-state index < -0.39 is 23.9 Å². The predicted octanol–water partition coefficient (Wildman–Crippen LogP) is 3.61. The summed E-state index contributed by atoms with van der Waals surface area (Å²) >= 11 is 6.04. The summed E-state index contributed by atoms with van der Waals surface area (Å²) in [7, 11) is 0. The summed E-state index contributed by atoms with van der Waals surface area (Å²) in [4.78, 5) is 35.0. The summed E-state index contributed by atoms with van der Waals surface area (Å²) in [5, 5.41) is 24.1. The molecule has 33 heavy (non-hydrogen) atoms. The monoisotopic (exact) mass is 466 g/mol. The van der Waals surface area contributed by atoms with E-state index in [2.05, 4.69) is 10.6 Å². The maximum atomic E-state index is 12.5. The lowest BCUT2D eigenvalue weighted by atomic mass is 9.97. The van der Waals surface area contributed by atoms with Gasteiger partial charge in [-0.05, 0) is 34.4 Å². The average Bonchev–Trinajstić information content (AvgIpc) is 2.79. The van der Waals surface area contributed by atoms with E-state index in [1.165, 1.54) is 6.07 Å². The van der Waals surface area contributed by atoms with Gasteiger partial charge in [-0.25, -0.2) is 4.79 Å². The zero-order valence-corrected chi connectivity index (χ0v) is 18.4. The number of amides is 1. The molecular formula is C25H23ClN2O5. The fourth-order valence-electron chi connectivity index (χ4n) is 3.40. The third-order valence-electron chi connectivity index (χ3n) is 5.04. The van der Waals surface area contributed by atoms with Crippen LogP contribution >= 0.6 is 11.6 Å². The Morgan fingerprint density at radius 2 is 1.55 bits per heavy atom. The highest BCUT2D eigenvalue weighted by molar-refractivity contribution is 6.33. The smallest absolute Gasteiger partial charge is 0.326 e. The van der Waals surface area contributed by atoms with Crippen molar-refractivity contribution in [1.82, 2.24) is 10.6 Å². The number of hydrogen-bond donors (Lipinski definition) is 4. The molecule has 0 aliphatic rings. The Labute approximate surface area is 196 Å². The zero-order valence-electron chi connectivity index (χ0n) is 17.6. The Kier molecular flexibility index (Phi) is 8.18. The molecule has 0 radical (unpaired) electrons. The minimum absolute atomic E-state index is 0.105. The van der Waals surface area contributed by atoms with E-state index >= 15 is 0 Å². The molecule has 0 aromatic heterocycles. The second kappa shape index (κ2) is 11.3. The summed E-state index contributed by atoms with van der Waals surface area (Å²) in [6, 6.07) is 20.4. The average molecular weight is 467 g/mol. The number of carbonyl (C=O) groups excluding carboxylic acids is 1. The van der Waals surface area contributed by atoms with E-state index in [1.807, 2.05) is 48.5 Å². The Balaban J connectivity index is 1.72. The Morgan fingerprint density at radius 1 is 0.879 bits per heavy atom. The van der Waals surface area contributed by atoms with Crippen LogP contribution in [0, 0.1) is 0 Å². The van der Waals surface area contributed by atoms with Gasteiger partial charge in [-0.1, -0.05) is 72.3 Å². The van der Waals surface area contributed by atoms with Crippen LogP contribution in [-0.4, -0.2) is 40.6 Å². The minimum Gasteiger partial charge on any atom is -0.480 e. The van der Waals surface area contributed by atoms with E-state index in [9.17, 15) is 19.5 Å². The minimum atomic E-state index is -1.14. The van der Waals surface area contributed by atoms with Crippen molar-refractivity contribution in [2.45, 2.75) is 19.0 Å². The topological polar surface area (TPSA) is 116 Å². The SMILES string of the molecule is O=C(O)CNCc1ccccc1-c1ccc(C[C@H](NC(=O)c2ccccc2Cl)C(=O)O)cc1. The second-order valence-corrected chi connectivity index (χ2v) is 7.81. The fourth-order valence-corrected chi connectivity index (χ4v) is 3.62. The fraction of sp³-hybridized carbons (Fsp3) is 0.160. The van der Waals surface area contributed by atoms with E-state index in [1.54, 1.807) is 18.2 Å². The number of rotatable bonds is 10. The third kappa shape index (κ3) is 6.65. The summed E-state index contributed by atoms with van der Waals surface area (Å²) in [6.45, 7) is 0.267. The summed E-state index contributed by atoms with van der Waals surface area (Å²) in [5.41, 5.74) is 3.77. The van der Waals surface area contributed by atoms with Crippen molar-refractivity contribution in [3.05, 3.63) is 94.5 Å². The molecule has 170 valence electrons. The Bertz CT molecular complexity index is 1150. The molecule has 0 aliphatic carbocycles. The van der Waals surface area contributed by atoms with Crippen LogP contribution in [0.25, 0.3) is 11.1 Å². The number of carbonyl (C=O) groups is 3. The van der Waals surface area contributed by atoms with Gasteiger partial charge in [-0.3, -0.25) is 9.59 Å². The van der Waals surface area contributed by atoms with Gasteiger partial charge < -0.3 is 20.8 Å². The zero-order chi connectivity index (χ0) is 23.8. The first-order chi connectivity index (χ1) is 15.8. The third-order valence-corrected chi connectivity index (χ3v) is 5.37. The van der Waals surface area contributed by atoms with Crippen LogP contribution in [0.1, 0.15) is 21.5 Å². The van der Waals surface area contributed by atoms with Gasteiger partial charge in [0.25, 0.3) is 5.91 Å². The molecule has 0 saturated carbocycles. The van der Waals surface area contributed by atoms with Crippen molar-refractivity contribution in [3.63, 3.8) is 0 Å². The molecule has 0 aliphatic heterocycles. The molecule has 7 nitrogen and oxygen atoms in total. The summed E-state index contributed by atoms with van der Waals surface area (Å²) < 4.78 is 0. The Morgan fingerprint density at radius 3 is 2.21 bits per heavy atom. The van der Waals surface area contributed by atoms with Gasteiger partial charge in [-0.2, -0.15) is 0 Å². The molecular weight excluding hydrogens is 444 g/mol. The first-order valence-electron chi connectivity index (χ1n) is 10.2. The van der Waals surface area contributed by atoms with Crippen LogP contribution in [0.4, 0.5) is 0 Å². The number of carboxylic acids is 2. The number of halogens is 1. The number of aliphatic carboxylic acids is 2. The number of hydrogen-bond acceptors (Lipinski definition) is 4. The van der Waals surface area contributed by atoms with Crippen LogP contribution in [0.3, 0.4) is 0 Å². The van der Waals surface area contributed by atoms with Crippen LogP contribution < -0.4 is 10.6 Å². The van der Waals surface area contributed by atoms with Crippen molar-refractivity contribution in [1.29, 1.82) is 0 Å². The molecule has 1 atom stereocenters. The van der Waals surface area contributed by atoms with E-state index in [0.29, 0.717) is 6.54 Å². The Hall–Kier alpha value is -3.68. The molecule has 0 spiro atoms. The molecule has 3 aromatic carbocycles. The van der Waals surface area contributed by atoms with Crippen LogP contribution in [0.2, 0.25) is 5.02 Å². The molecule has 0 bridgehead atoms. The quantitative estimate of drug-likeness (QED) is 0.363. The normalized spacial score (nSPS) is 11.5. The van der Waals surface area contributed by atoms with Gasteiger partial charge >= 0.3 is 11.9 Å². The van der Waals surface area contributed by atoms with Gasteiger partial charge in [0.15, 0.2) is 0 Å². The maximum Gasteiger partial charge on any atom is 0.326 e. The highest BCUT2D eigenvalue weighted by Gasteiger charge is 2.22. The van der Waals surface area contributed by atoms with Gasteiger partial charge in [0.1, 0.15) is 6.04 Å². The van der Waals surface area contributed by atoms with E-state index in [0.717, 1.165) is 22.3 Å². The lowest BCUT2D eigenvalue weighted by Crippen LogP contribution is -2.42. The number of benzene rings is 3. The summed E-state index contributed by atoms with van der Waals surface area (Å²) in [6.07, 6.45) is 0.105. The summed E-state index contributed by atoms with van der Waals surface area (Å²) in [5.74, 6) is -2.62. The molecule has 4 N–H and O–H groups in total. The van der Waals surface area contributed by atoms with E-state index in [-0.39, 0.29) is 23.6 Å². The number of carboxylic acid groups (broad SMARTS) is 2. The van der Waals surface area contributed by atoms with Crippen molar-refractivity contribution in [2.75, 3.05) is 6.54 Å². The standard InChI is InChI=1S/C25H23ClN2O5/c26-21-8-4-3-7-20(21)24(31)28-22(25(32)33)13-16-9-11-17(12-10-16)19-6-2-1-5-18(19)14-27-15-23(29)30/h1-12,22,27H,13-15H2,(H,28,31)(H,29,30)(H,32,33)/t22-/m0/s1. The second-order valence-electron chi connectivity index (χ2n) is 7.40. The van der Waals surface area contributed by atoms with Crippen molar-refractivity contribution in [2.24, 2.45) is 0 Å². The molecule has 0 heterocycles. The van der Waals surface area contributed by atoms with Crippen LogP contribution in [0.15, 0.2) is 72.8 Å². The maximum absolute atomic E-state index is 12.5. The van der Waals surface area contributed by atoms with E-state index in [4.69, 9.17) is 16.7 Å². The molecule has 0 fully saturated rings. The largest absolute Gasteiger partial charge is 0.480 e. The van der Waals surface area contributed by atoms with Gasteiger partial charge in [0, 0.05) is 13.0 Å². The molecule has 3 rings (SSSR count). The lowest BCUT2D eigenvalue weighted by molar-refractivity contribution is -0.139. The van der Waals surface area contributed by atoms with Gasteiger partial charge in [-0.15, -0.1) is 0 Å². The van der Waals surface area contributed by atoms with Crippen molar-refractivity contribution in [3.8, 4) is 11.1 Å². The molecule has 3 aromatic rings. The molecule has 0 unspecified atom stereocenters. The van der Waals surface area contributed by atoms with Crippen molar-refractivity contribution < 1.29 is 24.6 Å².